The molecule has 0 heterocycles. The summed E-state index contributed by atoms with van der Waals surface area (Å²) in [7, 11) is 0. The lowest BCUT2D eigenvalue weighted by Crippen LogP contribution is -2.02. The van der Waals surface area contributed by atoms with Gasteiger partial charge in [0.2, 0.25) is 0 Å². The van der Waals surface area contributed by atoms with Crippen molar-refractivity contribution in [2.75, 3.05) is 11.9 Å². The average Bonchev–Trinajstić information content (AvgIpc) is 2.15. The first-order valence-corrected chi connectivity index (χ1v) is 5.15. The molecule has 0 saturated carbocycles. The highest BCUT2D eigenvalue weighted by Gasteiger charge is 2.00. The van der Waals surface area contributed by atoms with Gasteiger partial charge in [-0.15, -0.1) is 12.3 Å². The van der Waals surface area contributed by atoms with E-state index in [4.69, 9.17) is 6.42 Å². The van der Waals surface area contributed by atoms with Gasteiger partial charge in [-0.05, 0) is 24.6 Å². The van der Waals surface area contributed by atoms with Crippen LogP contribution in [-0.2, 0) is 0 Å². The van der Waals surface area contributed by atoms with Crippen LogP contribution in [0.3, 0.4) is 0 Å². The quantitative estimate of drug-likeness (QED) is 0.643. The standard InChI is InChI=1S/C11H11BrFN/c1-2-3-4-7-14-11-6-5-9(12)8-10(11)13/h1,5-6,8,14H,3-4,7H2. The van der Waals surface area contributed by atoms with Crippen molar-refractivity contribution in [2.45, 2.75) is 12.8 Å². The number of unbranched alkanes of at least 4 members (excludes halogenated alkanes) is 1. The molecule has 74 valence electrons. The van der Waals surface area contributed by atoms with Crippen LogP contribution < -0.4 is 5.32 Å². The maximum absolute atomic E-state index is 13.2. The van der Waals surface area contributed by atoms with Crippen molar-refractivity contribution in [3.8, 4) is 12.3 Å². The molecule has 0 fully saturated rings. The van der Waals surface area contributed by atoms with Crippen LogP contribution in [0.4, 0.5) is 10.1 Å². The van der Waals surface area contributed by atoms with Gasteiger partial charge in [0.15, 0.2) is 0 Å². The molecule has 3 heteroatoms. The molecule has 0 radical (unpaired) electrons. The Balaban J connectivity index is 2.47. The molecule has 1 aromatic rings. The van der Waals surface area contributed by atoms with E-state index in [9.17, 15) is 4.39 Å². The van der Waals surface area contributed by atoms with Gasteiger partial charge in [-0.1, -0.05) is 15.9 Å². The highest BCUT2D eigenvalue weighted by atomic mass is 79.9. The largest absolute Gasteiger partial charge is 0.383 e. The molecule has 0 spiro atoms. The van der Waals surface area contributed by atoms with Crippen LogP contribution in [0, 0.1) is 18.2 Å². The number of hydrogen-bond acceptors (Lipinski definition) is 1. The predicted octanol–water partition coefficient (Wildman–Crippen LogP) is 3.41. The number of hydrogen-bond donors (Lipinski definition) is 1. The summed E-state index contributed by atoms with van der Waals surface area (Å²) in [6, 6.07) is 4.94. The van der Waals surface area contributed by atoms with Gasteiger partial charge in [0.25, 0.3) is 0 Å². The zero-order valence-electron chi connectivity index (χ0n) is 7.69. The Morgan fingerprint density at radius 2 is 2.29 bits per heavy atom. The Morgan fingerprint density at radius 1 is 1.50 bits per heavy atom. The van der Waals surface area contributed by atoms with Crippen LogP contribution in [0.5, 0.6) is 0 Å². The molecule has 1 N–H and O–H groups in total. The Labute approximate surface area is 91.8 Å². The van der Waals surface area contributed by atoms with E-state index < -0.39 is 0 Å². The number of anilines is 1. The third-order valence-corrected chi connectivity index (χ3v) is 2.24. The third-order valence-electron chi connectivity index (χ3n) is 1.74. The van der Waals surface area contributed by atoms with Crippen molar-refractivity contribution in [1.29, 1.82) is 0 Å². The SMILES string of the molecule is C#CCCCNc1ccc(Br)cc1F. The number of benzene rings is 1. The lowest BCUT2D eigenvalue weighted by molar-refractivity contribution is 0.629. The summed E-state index contributed by atoms with van der Waals surface area (Å²) in [5.74, 6) is 2.29. The topological polar surface area (TPSA) is 12.0 Å². The van der Waals surface area contributed by atoms with Gasteiger partial charge in [-0.2, -0.15) is 0 Å². The second-order valence-electron chi connectivity index (χ2n) is 2.86. The molecule has 0 unspecified atom stereocenters. The smallest absolute Gasteiger partial charge is 0.147 e. The summed E-state index contributed by atoms with van der Waals surface area (Å²) in [6.07, 6.45) is 6.67. The lowest BCUT2D eigenvalue weighted by Gasteiger charge is -2.06. The Kier molecular flexibility index (Phi) is 4.48. The second kappa shape index (κ2) is 5.66. The molecule has 14 heavy (non-hydrogen) atoms. The van der Waals surface area contributed by atoms with E-state index in [0.717, 1.165) is 10.9 Å². The number of nitrogens with one attached hydrogen (secondary N) is 1. The van der Waals surface area contributed by atoms with E-state index in [1.165, 1.54) is 6.07 Å². The first kappa shape index (κ1) is 11.1. The summed E-state index contributed by atoms with van der Waals surface area (Å²) >= 11 is 3.20. The molecule has 0 saturated heterocycles. The molecular weight excluding hydrogens is 245 g/mol. The van der Waals surface area contributed by atoms with Crippen LogP contribution in [0.25, 0.3) is 0 Å². The van der Waals surface area contributed by atoms with Gasteiger partial charge in [0, 0.05) is 17.4 Å². The number of terminal acetylenes is 1. The van der Waals surface area contributed by atoms with E-state index in [0.29, 0.717) is 18.7 Å². The maximum atomic E-state index is 13.2. The Morgan fingerprint density at radius 3 is 2.93 bits per heavy atom. The monoisotopic (exact) mass is 255 g/mol. The molecular formula is C11H11BrFN. The minimum absolute atomic E-state index is 0.250. The molecule has 0 atom stereocenters. The third kappa shape index (κ3) is 3.39. The molecule has 1 aromatic carbocycles. The van der Waals surface area contributed by atoms with Crippen molar-refractivity contribution in [2.24, 2.45) is 0 Å². The van der Waals surface area contributed by atoms with Crippen LogP contribution in [-0.4, -0.2) is 6.54 Å². The molecule has 1 nitrogen and oxygen atoms in total. The number of rotatable bonds is 4. The van der Waals surface area contributed by atoms with E-state index in [-0.39, 0.29) is 5.82 Å². The van der Waals surface area contributed by atoms with Crippen molar-refractivity contribution in [3.05, 3.63) is 28.5 Å². The van der Waals surface area contributed by atoms with Crippen LogP contribution >= 0.6 is 15.9 Å². The van der Waals surface area contributed by atoms with Gasteiger partial charge in [-0.25, -0.2) is 4.39 Å². The van der Waals surface area contributed by atoms with Crippen LogP contribution in [0.1, 0.15) is 12.8 Å². The summed E-state index contributed by atoms with van der Waals surface area (Å²) in [5.41, 5.74) is 0.519. The van der Waals surface area contributed by atoms with E-state index in [1.54, 1.807) is 12.1 Å². The Bertz CT molecular complexity index is 344. The molecule has 0 amide bonds. The van der Waals surface area contributed by atoms with Gasteiger partial charge in [-0.3, -0.25) is 0 Å². The molecule has 1 rings (SSSR count). The van der Waals surface area contributed by atoms with Gasteiger partial charge in [0.05, 0.1) is 5.69 Å². The summed E-state index contributed by atoms with van der Waals surface area (Å²) in [5, 5.41) is 2.98. The van der Waals surface area contributed by atoms with Crippen molar-refractivity contribution >= 4 is 21.6 Å². The maximum Gasteiger partial charge on any atom is 0.147 e. The van der Waals surface area contributed by atoms with Crippen molar-refractivity contribution in [1.82, 2.24) is 0 Å². The fourth-order valence-corrected chi connectivity index (χ4v) is 1.38. The van der Waals surface area contributed by atoms with Crippen molar-refractivity contribution < 1.29 is 4.39 Å². The zero-order chi connectivity index (χ0) is 10.4. The fraction of sp³-hybridized carbons (Fsp3) is 0.273. The van der Waals surface area contributed by atoms with E-state index >= 15 is 0 Å². The first-order valence-electron chi connectivity index (χ1n) is 4.36. The van der Waals surface area contributed by atoms with Crippen LogP contribution in [0.2, 0.25) is 0 Å². The summed E-state index contributed by atoms with van der Waals surface area (Å²) in [4.78, 5) is 0. The average molecular weight is 256 g/mol. The summed E-state index contributed by atoms with van der Waals surface area (Å²) < 4.78 is 14.0. The molecule has 0 aromatic heterocycles. The van der Waals surface area contributed by atoms with E-state index in [2.05, 4.69) is 27.2 Å². The highest BCUT2D eigenvalue weighted by molar-refractivity contribution is 9.10. The molecule has 0 aliphatic heterocycles. The molecule has 0 bridgehead atoms. The molecule has 0 aliphatic rings. The Hall–Kier alpha value is -1.01. The summed E-state index contributed by atoms with van der Waals surface area (Å²) in [6.45, 7) is 0.697. The lowest BCUT2D eigenvalue weighted by atomic mass is 10.3. The first-order chi connectivity index (χ1) is 6.74. The highest BCUT2D eigenvalue weighted by Crippen LogP contribution is 2.19. The van der Waals surface area contributed by atoms with Gasteiger partial charge >= 0.3 is 0 Å². The van der Waals surface area contributed by atoms with Gasteiger partial charge < -0.3 is 5.32 Å². The zero-order valence-corrected chi connectivity index (χ0v) is 9.27. The second-order valence-corrected chi connectivity index (χ2v) is 3.77. The molecule has 0 aliphatic carbocycles. The normalized spacial score (nSPS) is 9.50. The fourth-order valence-electron chi connectivity index (χ4n) is 1.05. The van der Waals surface area contributed by atoms with Crippen LogP contribution in [0.15, 0.2) is 22.7 Å². The minimum Gasteiger partial charge on any atom is -0.383 e. The van der Waals surface area contributed by atoms with Gasteiger partial charge in [0.1, 0.15) is 5.82 Å². The van der Waals surface area contributed by atoms with Crippen molar-refractivity contribution in [3.63, 3.8) is 0 Å². The number of halogens is 2. The minimum atomic E-state index is -0.250. The predicted molar refractivity (Wildman–Crippen MR) is 60.7 cm³/mol. The van der Waals surface area contributed by atoms with E-state index in [1.807, 2.05) is 0 Å².